The second kappa shape index (κ2) is 7.98. The molecule has 0 saturated carbocycles. The lowest BCUT2D eigenvalue weighted by Crippen LogP contribution is -2.39. The molecule has 0 aliphatic heterocycles. The average Bonchev–Trinajstić information content (AvgIpc) is 2.91. The molecule has 0 unspecified atom stereocenters. The van der Waals surface area contributed by atoms with E-state index in [-0.39, 0.29) is 0 Å². The molecule has 0 amide bonds. The van der Waals surface area contributed by atoms with Gasteiger partial charge in [0.2, 0.25) is 0 Å². The number of nitrogens with zero attached hydrogens (tertiary/aromatic N) is 4. The number of guanidine groups is 1. The molecule has 0 aliphatic rings. The fourth-order valence-electron chi connectivity index (χ4n) is 2.24. The summed E-state index contributed by atoms with van der Waals surface area (Å²) in [6, 6.07) is 8.34. The summed E-state index contributed by atoms with van der Waals surface area (Å²) in [6.45, 7) is 1.66. The summed E-state index contributed by atoms with van der Waals surface area (Å²) >= 11 is 3.46. The Hall–Kier alpha value is -1.82. The minimum Gasteiger partial charge on any atom is -0.356 e. The lowest BCUT2D eigenvalue weighted by Gasteiger charge is -2.22. The first kappa shape index (κ1) is 16.5. The van der Waals surface area contributed by atoms with Crippen LogP contribution in [-0.4, -0.2) is 41.3 Å². The first-order valence-corrected chi connectivity index (χ1v) is 8.01. The van der Waals surface area contributed by atoms with Crippen LogP contribution in [0.1, 0.15) is 11.1 Å². The van der Waals surface area contributed by atoms with Gasteiger partial charge in [0.05, 0.1) is 6.20 Å². The lowest BCUT2D eigenvalue weighted by molar-refractivity contribution is 0.477. The quantitative estimate of drug-likeness (QED) is 0.655. The van der Waals surface area contributed by atoms with Gasteiger partial charge in [0.25, 0.3) is 0 Å². The average molecular weight is 364 g/mol. The Morgan fingerprint density at radius 2 is 2.05 bits per heavy atom. The molecule has 22 heavy (non-hydrogen) atoms. The molecule has 0 saturated heterocycles. The van der Waals surface area contributed by atoms with Crippen molar-refractivity contribution in [1.82, 2.24) is 20.0 Å². The van der Waals surface area contributed by atoms with E-state index in [0.29, 0.717) is 0 Å². The summed E-state index contributed by atoms with van der Waals surface area (Å²) in [7, 11) is 5.79. The molecule has 1 N–H and O–H groups in total. The maximum atomic E-state index is 4.34. The Kier molecular flexibility index (Phi) is 6.00. The number of aliphatic imine (C=N–C) groups is 1. The number of benzene rings is 1. The molecule has 0 bridgehead atoms. The molecular weight excluding hydrogens is 342 g/mol. The summed E-state index contributed by atoms with van der Waals surface area (Å²) in [5.41, 5.74) is 2.47. The zero-order chi connectivity index (χ0) is 15.9. The lowest BCUT2D eigenvalue weighted by atomic mass is 10.2. The van der Waals surface area contributed by atoms with E-state index in [9.17, 15) is 0 Å². The molecular formula is C16H22BrN5. The van der Waals surface area contributed by atoms with Crippen molar-refractivity contribution in [1.29, 1.82) is 0 Å². The van der Waals surface area contributed by atoms with E-state index in [1.165, 1.54) is 11.1 Å². The van der Waals surface area contributed by atoms with Gasteiger partial charge in [-0.3, -0.25) is 9.67 Å². The maximum absolute atomic E-state index is 4.34. The van der Waals surface area contributed by atoms with Crippen LogP contribution in [-0.2, 0) is 20.0 Å². The number of aryl methyl sites for hydroxylation is 1. The Bertz CT molecular complexity index is 618. The molecule has 0 radical (unpaired) electrons. The van der Waals surface area contributed by atoms with Crippen LogP contribution < -0.4 is 5.32 Å². The number of nitrogens with one attached hydrogen (secondary N) is 1. The topological polar surface area (TPSA) is 45.5 Å². The molecule has 0 atom stereocenters. The number of aromatic nitrogens is 2. The van der Waals surface area contributed by atoms with Crippen molar-refractivity contribution in [2.24, 2.45) is 12.0 Å². The van der Waals surface area contributed by atoms with Gasteiger partial charge in [0, 0.05) is 44.9 Å². The smallest absolute Gasteiger partial charge is 0.193 e. The highest BCUT2D eigenvalue weighted by Gasteiger charge is 2.06. The van der Waals surface area contributed by atoms with Crippen molar-refractivity contribution < 1.29 is 0 Å². The van der Waals surface area contributed by atoms with Crippen molar-refractivity contribution in [2.45, 2.75) is 13.0 Å². The zero-order valence-corrected chi connectivity index (χ0v) is 14.8. The largest absolute Gasteiger partial charge is 0.356 e. The molecule has 0 spiro atoms. The third-order valence-electron chi connectivity index (χ3n) is 3.36. The predicted octanol–water partition coefficient (Wildman–Crippen LogP) is 2.43. The molecule has 2 aromatic rings. The van der Waals surface area contributed by atoms with Gasteiger partial charge in [-0.05, 0) is 29.7 Å². The minimum atomic E-state index is 0.819. The Labute approximate surface area is 140 Å². The first-order valence-electron chi connectivity index (χ1n) is 7.22. The van der Waals surface area contributed by atoms with Gasteiger partial charge in [-0.1, -0.05) is 28.1 Å². The van der Waals surface area contributed by atoms with E-state index in [4.69, 9.17) is 0 Å². The fourth-order valence-corrected chi connectivity index (χ4v) is 2.51. The van der Waals surface area contributed by atoms with Gasteiger partial charge < -0.3 is 10.2 Å². The molecule has 118 valence electrons. The summed E-state index contributed by atoms with van der Waals surface area (Å²) in [5.74, 6) is 0.895. The highest BCUT2D eigenvalue weighted by molar-refractivity contribution is 9.10. The van der Waals surface area contributed by atoms with Crippen molar-refractivity contribution in [3.05, 3.63) is 52.3 Å². The van der Waals surface area contributed by atoms with Gasteiger partial charge in [-0.2, -0.15) is 5.10 Å². The zero-order valence-electron chi connectivity index (χ0n) is 13.3. The van der Waals surface area contributed by atoms with E-state index < -0.39 is 0 Å². The van der Waals surface area contributed by atoms with Gasteiger partial charge in [0.15, 0.2) is 5.96 Å². The molecule has 2 rings (SSSR count). The van der Waals surface area contributed by atoms with Crippen molar-refractivity contribution in [3.63, 3.8) is 0 Å². The monoisotopic (exact) mass is 363 g/mol. The van der Waals surface area contributed by atoms with Crippen LogP contribution >= 0.6 is 15.9 Å². The highest BCUT2D eigenvalue weighted by atomic mass is 79.9. The maximum Gasteiger partial charge on any atom is 0.193 e. The SMILES string of the molecule is CN=C(NCCc1cnn(C)c1)N(C)Cc1ccc(Br)cc1. The van der Waals surface area contributed by atoms with Crippen LogP contribution in [0.3, 0.4) is 0 Å². The van der Waals surface area contributed by atoms with Gasteiger partial charge in [-0.15, -0.1) is 0 Å². The molecule has 0 fully saturated rings. The van der Waals surface area contributed by atoms with E-state index in [2.05, 4.69) is 60.5 Å². The van der Waals surface area contributed by atoms with Crippen molar-refractivity contribution in [3.8, 4) is 0 Å². The fraction of sp³-hybridized carbons (Fsp3) is 0.375. The number of hydrogen-bond donors (Lipinski definition) is 1. The van der Waals surface area contributed by atoms with Crippen LogP contribution in [0, 0.1) is 0 Å². The van der Waals surface area contributed by atoms with Crippen LogP contribution in [0.15, 0.2) is 46.1 Å². The molecule has 1 aromatic heterocycles. The third kappa shape index (κ3) is 4.87. The van der Waals surface area contributed by atoms with E-state index in [1.54, 1.807) is 0 Å². The second-order valence-electron chi connectivity index (χ2n) is 5.23. The number of rotatable bonds is 5. The minimum absolute atomic E-state index is 0.819. The van der Waals surface area contributed by atoms with Gasteiger partial charge in [0.1, 0.15) is 0 Å². The standard InChI is InChI=1S/C16H22BrN5/c1-18-16(19-9-8-14-10-20-22(3)12-14)21(2)11-13-4-6-15(17)7-5-13/h4-7,10,12H,8-9,11H2,1-3H3,(H,18,19). The van der Waals surface area contributed by atoms with Crippen LogP contribution in [0.25, 0.3) is 0 Å². The summed E-state index contributed by atoms with van der Waals surface area (Å²) in [4.78, 5) is 6.46. The van der Waals surface area contributed by atoms with Gasteiger partial charge in [-0.25, -0.2) is 0 Å². The van der Waals surface area contributed by atoms with Crippen molar-refractivity contribution >= 4 is 21.9 Å². The molecule has 1 heterocycles. The Morgan fingerprint density at radius 1 is 1.32 bits per heavy atom. The van der Waals surface area contributed by atoms with Crippen LogP contribution in [0.2, 0.25) is 0 Å². The normalized spacial score (nSPS) is 11.5. The number of halogens is 1. The molecule has 1 aromatic carbocycles. The molecule has 0 aliphatic carbocycles. The molecule has 6 heteroatoms. The summed E-state index contributed by atoms with van der Waals surface area (Å²) < 4.78 is 2.92. The highest BCUT2D eigenvalue weighted by Crippen LogP contribution is 2.11. The van der Waals surface area contributed by atoms with Crippen LogP contribution in [0.5, 0.6) is 0 Å². The molecule has 5 nitrogen and oxygen atoms in total. The Balaban J connectivity index is 1.83. The van der Waals surface area contributed by atoms with E-state index >= 15 is 0 Å². The van der Waals surface area contributed by atoms with Crippen molar-refractivity contribution in [2.75, 3.05) is 20.6 Å². The predicted molar refractivity (Wildman–Crippen MR) is 93.9 cm³/mol. The summed E-state index contributed by atoms with van der Waals surface area (Å²) in [6.07, 6.45) is 4.87. The second-order valence-corrected chi connectivity index (χ2v) is 6.14. The first-order chi connectivity index (χ1) is 10.6. The van der Waals surface area contributed by atoms with Crippen LogP contribution in [0.4, 0.5) is 0 Å². The number of hydrogen-bond acceptors (Lipinski definition) is 2. The van der Waals surface area contributed by atoms with Gasteiger partial charge >= 0.3 is 0 Å². The third-order valence-corrected chi connectivity index (χ3v) is 3.89. The van der Waals surface area contributed by atoms with E-state index in [1.807, 2.05) is 38.2 Å². The summed E-state index contributed by atoms with van der Waals surface area (Å²) in [5, 5.41) is 7.57. The van der Waals surface area contributed by atoms with E-state index in [0.717, 1.165) is 29.9 Å². The Morgan fingerprint density at radius 3 is 2.64 bits per heavy atom.